The lowest BCUT2D eigenvalue weighted by molar-refractivity contribution is 0.0599. The zero-order valence-corrected chi connectivity index (χ0v) is 13.3. The van der Waals surface area contributed by atoms with Crippen molar-refractivity contribution in [2.75, 3.05) is 7.11 Å². The molecule has 0 bridgehead atoms. The summed E-state index contributed by atoms with van der Waals surface area (Å²) in [6.07, 6.45) is 2.51. The Bertz CT molecular complexity index is 965. The smallest absolute Gasteiger partial charge is 0.343 e. The summed E-state index contributed by atoms with van der Waals surface area (Å²) >= 11 is 12.0. The lowest BCUT2D eigenvalue weighted by atomic mass is 10.1. The van der Waals surface area contributed by atoms with Crippen molar-refractivity contribution in [1.82, 2.24) is 15.0 Å². The number of hydrogen-bond donors (Lipinski definition) is 1. The van der Waals surface area contributed by atoms with E-state index in [1.54, 1.807) is 18.2 Å². The number of ether oxygens (including phenoxy) is 1. The van der Waals surface area contributed by atoms with Crippen molar-refractivity contribution in [3.05, 3.63) is 56.6 Å². The molecule has 3 aromatic rings. The number of benzene rings is 1. The molecule has 0 atom stereocenters. The van der Waals surface area contributed by atoms with Crippen LogP contribution in [0.3, 0.4) is 0 Å². The number of nitrogens with zero attached hydrogens (tertiary/aromatic N) is 2. The van der Waals surface area contributed by atoms with Crippen LogP contribution in [0.25, 0.3) is 22.3 Å². The first-order valence-corrected chi connectivity index (χ1v) is 7.18. The molecule has 1 N–H and O–H groups in total. The first kappa shape index (κ1) is 15.5. The number of hydrogen-bond acceptors (Lipinski definition) is 5. The Kier molecular flexibility index (Phi) is 4.02. The van der Waals surface area contributed by atoms with E-state index in [9.17, 15) is 9.59 Å². The van der Waals surface area contributed by atoms with Crippen molar-refractivity contribution in [1.29, 1.82) is 0 Å². The van der Waals surface area contributed by atoms with Gasteiger partial charge in [0.1, 0.15) is 17.4 Å². The Morgan fingerprint density at radius 2 is 1.87 bits per heavy atom. The van der Waals surface area contributed by atoms with E-state index in [2.05, 4.69) is 19.7 Å². The average molecular weight is 350 g/mol. The Labute approximate surface area is 140 Å². The fourth-order valence-corrected chi connectivity index (χ4v) is 2.73. The second-order valence-electron chi connectivity index (χ2n) is 4.63. The molecule has 0 amide bonds. The van der Waals surface area contributed by atoms with Crippen molar-refractivity contribution in [2.45, 2.75) is 0 Å². The number of fused-ring (bicyclic) bond motifs is 1. The van der Waals surface area contributed by atoms with E-state index in [4.69, 9.17) is 23.2 Å². The number of nitrogens with one attached hydrogen (secondary N) is 1. The van der Waals surface area contributed by atoms with Gasteiger partial charge in [-0.25, -0.2) is 14.8 Å². The molecule has 0 aliphatic heterocycles. The minimum Gasteiger partial charge on any atom is -0.465 e. The van der Waals surface area contributed by atoms with Gasteiger partial charge >= 0.3 is 5.97 Å². The fraction of sp³-hybridized carbons (Fsp3) is 0.0667. The normalized spacial score (nSPS) is 10.7. The van der Waals surface area contributed by atoms with Crippen molar-refractivity contribution in [3.8, 4) is 11.3 Å². The fourth-order valence-electron chi connectivity index (χ4n) is 2.20. The molecule has 0 fully saturated rings. The number of rotatable bonds is 2. The summed E-state index contributed by atoms with van der Waals surface area (Å²) in [5.41, 5.74) is 0.859. The molecule has 23 heavy (non-hydrogen) atoms. The quantitative estimate of drug-likeness (QED) is 0.718. The molecule has 2 aromatic heterocycles. The van der Waals surface area contributed by atoms with Crippen molar-refractivity contribution >= 4 is 40.2 Å². The summed E-state index contributed by atoms with van der Waals surface area (Å²) < 4.78 is 4.58. The highest BCUT2D eigenvalue weighted by atomic mass is 35.5. The van der Waals surface area contributed by atoms with Crippen LogP contribution in [0.2, 0.25) is 10.0 Å². The molecule has 0 saturated heterocycles. The van der Waals surface area contributed by atoms with Crippen LogP contribution in [0.1, 0.15) is 10.4 Å². The van der Waals surface area contributed by atoms with Crippen LogP contribution < -0.4 is 5.43 Å². The molecular weight excluding hydrogens is 341 g/mol. The number of aromatic amines is 1. The monoisotopic (exact) mass is 349 g/mol. The summed E-state index contributed by atoms with van der Waals surface area (Å²) in [5.74, 6) is -0.737. The number of methoxy groups -OCH3 is 1. The van der Waals surface area contributed by atoms with Crippen molar-refractivity contribution in [3.63, 3.8) is 0 Å². The van der Waals surface area contributed by atoms with Gasteiger partial charge in [-0.3, -0.25) is 4.79 Å². The number of aromatic nitrogens is 3. The van der Waals surface area contributed by atoms with E-state index >= 15 is 0 Å². The molecule has 0 aliphatic carbocycles. The van der Waals surface area contributed by atoms with Crippen LogP contribution in [-0.4, -0.2) is 28.0 Å². The largest absolute Gasteiger partial charge is 0.465 e. The molecular formula is C15H9Cl2N3O3. The molecule has 0 unspecified atom stereocenters. The Balaban J connectivity index is 2.30. The van der Waals surface area contributed by atoms with Gasteiger partial charge in [-0.15, -0.1) is 0 Å². The minimum absolute atomic E-state index is 0.0778. The summed E-state index contributed by atoms with van der Waals surface area (Å²) in [4.78, 5) is 35.0. The molecule has 0 saturated carbocycles. The van der Waals surface area contributed by atoms with Gasteiger partial charge in [0, 0.05) is 21.8 Å². The number of H-pyrrole nitrogens is 1. The predicted molar refractivity (Wildman–Crippen MR) is 87.0 cm³/mol. The van der Waals surface area contributed by atoms with Crippen LogP contribution in [0.5, 0.6) is 0 Å². The summed E-state index contributed by atoms with van der Waals surface area (Å²) in [7, 11) is 1.20. The third kappa shape index (κ3) is 2.78. The Morgan fingerprint density at radius 3 is 2.52 bits per heavy atom. The van der Waals surface area contributed by atoms with Crippen LogP contribution in [0.15, 0.2) is 35.5 Å². The lowest BCUT2D eigenvalue weighted by Gasteiger charge is -2.07. The lowest BCUT2D eigenvalue weighted by Crippen LogP contribution is -2.18. The minimum atomic E-state index is -0.737. The van der Waals surface area contributed by atoms with Crippen molar-refractivity contribution in [2.24, 2.45) is 0 Å². The van der Waals surface area contributed by atoms with E-state index in [1.807, 2.05) is 0 Å². The van der Waals surface area contributed by atoms with Gasteiger partial charge in [0.15, 0.2) is 0 Å². The summed E-state index contributed by atoms with van der Waals surface area (Å²) in [6, 6.07) is 4.93. The summed E-state index contributed by atoms with van der Waals surface area (Å²) in [5, 5.41) is 0.876. The highest BCUT2D eigenvalue weighted by Crippen LogP contribution is 2.28. The maximum atomic E-state index is 12.4. The predicted octanol–water partition coefficient (Wildman–Crippen LogP) is 3.08. The van der Waals surface area contributed by atoms with E-state index in [0.717, 1.165) is 0 Å². The van der Waals surface area contributed by atoms with Gasteiger partial charge in [0.2, 0.25) is 5.43 Å². The maximum Gasteiger partial charge on any atom is 0.343 e. The zero-order chi connectivity index (χ0) is 16.6. The van der Waals surface area contributed by atoms with Gasteiger partial charge in [-0.2, -0.15) is 0 Å². The number of halogens is 2. The molecule has 1 aromatic carbocycles. The van der Waals surface area contributed by atoms with Crippen LogP contribution >= 0.6 is 23.2 Å². The van der Waals surface area contributed by atoms with E-state index in [-0.39, 0.29) is 11.1 Å². The number of carbonyl (C=O) groups is 1. The SMILES string of the molecule is COC(=O)c1c[nH]c2c(-c3cc(Cl)cc(Cl)c3)ncnc2c1=O. The molecule has 6 nitrogen and oxygen atoms in total. The maximum absolute atomic E-state index is 12.4. The molecule has 8 heteroatoms. The van der Waals surface area contributed by atoms with E-state index < -0.39 is 11.4 Å². The van der Waals surface area contributed by atoms with Gasteiger partial charge in [-0.1, -0.05) is 23.2 Å². The third-order valence-electron chi connectivity index (χ3n) is 3.21. The van der Waals surface area contributed by atoms with E-state index in [1.165, 1.54) is 19.6 Å². The second-order valence-corrected chi connectivity index (χ2v) is 5.50. The van der Waals surface area contributed by atoms with E-state index in [0.29, 0.717) is 26.8 Å². The van der Waals surface area contributed by atoms with Gasteiger partial charge < -0.3 is 9.72 Å². The average Bonchev–Trinajstić information content (AvgIpc) is 2.53. The van der Waals surface area contributed by atoms with Gasteiger partial charge in [0.25, 0.3) is 0 Å². The molecule has 0 radical (unpaired) electrons. The first-order chi connectivity index (χ1) is 11.0. The molecule has 3 rings (SSSR count). The topological polar surface area (TPSA) is 84.9 Å². The Morgan fingerprint density at radius 1 is 1.17 bits per heavy atom. The highest BCUT2D eigenvalue weighted by Gasteiger charge is 2.17. The highest BCUT2D eigenvalue weighted by molar-refractivity contribution is 6.35. The molecule has 2 heterocycles. The molecule has 116 valence electrons. The summed E-state index contributed by atoms with van der Waals surface area (Å²) in [6.45, 7) is 0. The molecule has 0 spiro atoms. The standard InChI is InChI=1S/C15H9Cl2N3O3/c1-23-15(22)10-5-18-12-11(19-6-20-13(12)14(10)21)7-2-8(16)4-9(17)3-7/h2-6H,1H3,(H,18,21). The van der Waals surface area contributed by atoms with Gasteiger partial charge in [0.05, 0.1) is 18.3 Å². The first-order valence-electron chi connectivity index (χ1n) is 6.42. The van der Waals surface area contributed by atoms with Crippen LogP contribution in [0.4, 0.5) is 0 Å². The number of esters is 1. The van der Waals surface area contributed by atoms with Crippen molar-refractivity contribution < 1.29 is 9.53 Å². The van der Waals surface area contributed by atoms with Crippen LogP contribution in [-0.2, 0) is 4.74 Å². The van der Waals surface area contributed by atoms with Gasteiger partial charge in [-0.05, 0) is 18.2 Å². The molecule has 0 aliphatic rings. The van der Waals surface area contributed by atoms with Crippen LogP contribution in [0, 0.1) is 0 Å². The Hall–Kier alpha value is -2.44. The second kappa shape index (κ2) is 5.98. The zero-order valence-electron chi connectivity index (χ0n) is 11.8. The third-order valence-corrected chi connectivity index (χ3v) is 3.65. The number of carbonyl (C=O) groups excluding carboxylic acids is 1. The number of pyridine rings is 1.